The number of Topliss-reactive ketones (excluding diaryl/α,β-unsaturated/α-hetero) is 1. The topological polar surface area (TPSA) is 111 Å². The van der Waals surface area contributed by atoms with Gasteiger partial charge < -0.3 is 15.3 Å². The summed E-state index contributed by atoms with van der Waals surface area (Å²) in [5.41, 5.74) is 2.39. The molecule has 3 N–H and O–H groups in total. The van der Waals surface area contributed by atoms with Crippen LogP contribution in [0.1, 0.15) is 64.2 Å². The van der Waals surface area contributed by atoms with Crippen LogP contribution >= 0.6 is 24.2 Å². The second kappa shape index (κ2) is 13.3. The molecule has 8 nitrogen and oxygen atoms in total. The smallest absolute Gasteiger partial charge is 0.309 e. The van der Waals surface area contributed by atoms with E-state index in [4.69, 9.17) is 5.11 Å². The van der Waals surface area contributed by atoms with Crippen molar-refractivity contribution in [1.29, 1.82) is 0 Å². The number of nitrogens with one attached hydrogen (secondary N) is 2. The van der Waals surface area contributed by atoms with E-state index in [-0.39, 0.29) is 36.8 Å². The monoisotopic (exact) mass is 474 g/mol. The molecule has 0 radical (unpaired) electrons. The van der Waals surface area contributed by atoms with Gasteiger partial charge in [-0.25, -0.2) is 5.43 Å². The van der Waals surface area contributed by atoms with E-state index in [0.29, 0.717) is 11.7 Å². The van der Waals surface area contributed by atoms with Crippen molar-refractivity contribution in [3.05, 3.63) is 0 Å². The number of ketones is 1. The highest BCUT2D eigenvalue weighted by Gasteiger charge is 2.36. The number of hydrogen-bond donors (Lipinski definition) is 3. The van der Waals surface area contributed by atoms with Crippen molar-refractivity contribution in [2.75, 3.05) is 25.4 Å². The van der Waals surface area contributed by atoms with Crippen molar-refractivity contribution < 1.29 is 19.5 Å². The summed E-state index contributed by atoms with van der Waals surface area (Å²) >= 11 is 1.48. The molecule has 31 heavy (non-hydrogen) atoms. The number of thioether (sulfide) groups is 1. The maximum absolute atomic E-state index is 13.0. The van der Waals surface area contributed by atoms with Crippen LogP contribution in [0.3, 0.4) is 0 Å². The molecule has 0 spiro atoms. The number of hydrogen-bond acceptors (Lipinski definition) is 6. The summed E-state index contributed by atoms with van der Waals surface area (Å²) in [7, 11) is 0. The molecule has 3 aliphatic rings. The van der Waals surface area contributed by atoms with Crippen LogP contribution < -0.4 is 10.7 Å². The van der Waals surface area contributed by atoms with Crippen LogP contribution in [0.2, 0.25) is 0 Å². The first-order valence-corrected chi connectivity index (χ1v) is 12.3. The van der Waals surface area contributed by atoms with E-state index in [1.54, 1.807) is 0 Å². The SMILES string of the molecule is Cl.O=C(N/N=C1\SCCN1CCO)C(=O)C(NC(=O)C1CCCCC1)C1CCCCC1. The second-order valence-electron chi connectivity index (χ2n) is 8.48. The van der Waals surface area contributed by atoms with Crippen molar-refractivity contribution >= 4 is 46.9 Å². The van der Waals surface area contributed by atoms with Crippen LogP contribution in [0.5, 0.6) is 0 Å². The number of amides is 2. The molecule has 1 aliphatic heterocycles. The molecule has 1 saturated heterocycles. The molecule has 0 aromatic carbocycles. The van der Waals surface area contributed by atoms with Gasteiger partial charge in [-0.3, -0.25) is 14.4 Å². The number of halogens is 1. The Kier molecular flexibility index (Phi) is 11.1. The van der Waals surface area contributed by atoms with Crippen molar-refractivity contribution in [3.8, 4) is 0 Å². The Morgan fingerprint density at radius 2 is 1.71 bits per heavy atom. The van der Waals surface area contributed by atoms with Gasteiger partial charge in [-0.05, 0) is 31.6 Å². The summed E-state index contributed by atoms with van der Waals surface area (Å²) in [5.74, 6) is -0.694. The zero-order valence-electron chi connectivity index (χ0n) is 18.0. The van der Waals surface area contributed by atoms with Crippen LogP contribution in [0.25, 0.3) is 0 Å². The fourth-order valence-electron chi connectivity index (χ4n) is 4.66. The van der Waals surface area contributed by atoms with Gasteiger partial charge in [0.2, 0.25) is 11.7 Å². The number of β-amino-alcohol motifs (C(OH)–C–C–N with tert-alkyl or cyclic N) is 1. The summed E-state index contributed by atoms with van der Waals surface area (Å²) in [6.45, 7) is 1.19. The Hall–Kier alpha value is -1.32. The minimum absolute atomic E-state index is 0. The average Bonchev–Trinajstić information content (AvgIpc) is 3.23. The van der Waals surface area contributed by atoms with Gasteiger partial charge in [-0.2, -0.15) is 0 Å². The maximum atomic E-state index is 13.0. The lowest BCUT2D eigenvalue weighted by Gasteiger charge is -2.31. The number of nitrogens with zero attached hydrogens (tertiary/aromatic N) is 2. The Morgan fingerprint density at radius 3 is 2.35 bits per heavy atom. The molecule has 2 amide bonds. The molecule has 176 valence electrons. The second-order valence-corrected chi connectivity index (χ2v) is 9.54. The van der Waals surface area contributed by atoms with Gasteiger partial charge in [0, 0.05) is 24.8 Å². The van der Waals surface area contributed by atoms with Gasteiger partial charge in [0.05, 0.1) is 6.61 Å². The first-order valence-electron chi connectivity index (χ1n) is 11.3. The lowest BCUT2D eigenvalue weighted by molar-refractivity contribution is -0.141. The zero-order valence-corrected chi connectivity index (χ0v) is 19.6. The standard InChI is InChI=1S/C21H34N4O4S.ClH/c26-13-11-25-12-14-30-21(25)24-23-20(29)18(27)17(15-7-3-1-4-8-15)22-19(28)16-9-5-2-6-10-16;/h15-17,26H,1-14H2,(H,22,28)(H,23,29);1H/b24-21-;. The van der Waals surface area contributed by atoms with Gasteiger partial charge in [0.15, 0.2) is 5.17 Å². The molecule has 0 aromatic rings. The molecular formula is C21H35ClN4O4S. The highest BCUT2D eigenvalue weighted by atomic mass is 35.5. The van der Waals surface area contributed by atoms with Crippen molar-refractivity contribution in [3.63, 3.8) is 0 Å². The minimum atomic E-state index is -0.779. The van der Waals surface area contributed by atoms with E-state index in [0.717, 1.165) is 76.5 Å². The Morgan fingerprint density at radius 1 is 1.06 bits per heavy atom. The summed E-state index contributed by atoms with van der Waals surface area (Å²) in [6.07, 6.45) is 9.82. The third kappa shape index (κ3) is 7.36. The van der Waals surface area contributed by atoms with E-state index < -0.39 is 17.7 Å². The van der Waals surface area contributed by atoms with Crippen LogP contribution in [0.4, 0.5) is 0 Å². The predicted molar refractivity (Wildman–Crippen MR) is 124 cm³/mol. The molecule has 2 saturated carbocycles. The molecule has 0 aromatic heterocycles. The number of aliphatic hydroxyl groups is 1. The fraction of sp³-hybridized carbons (Fsp3) is 0.810. The van der Waals surface area contributed by atoms with E-state index >= 15 is 0 Å². The lowest BCUT2D eigenvalue weighted by Crippen LogP contribution is -2.52. The first kappa shape index (κ1) is 25.9. The molecular weight excluding hydrogens is 440 g/mol. The number of amidine groups is 1. The van der Waals surface area contributed by atoms with E-state index in [1.807, 2.05) is 4.90 Å². The van der Waals surface area contributed by atoms with Gasteiger partial charge in [0.25, 0.3) is 0 Å². The van der Waals surface area contributed by atoms with Gasteiger partial charge in [-0.15, -0.1) is 17.5 Å². The summed E-state index contributed by atoms with van der Waals surface area (Å²) in [4.78, 5) is 40.3. The minimum Gasteiger partial charge on any atom is -0.395 e. The number of carbonyl (C=O) groups excluding carboxylic acids is 3. The van der Waals surface area contributed by atoms with E-state index in [9.17, 15) is 14.4 Å². The Balaban J connectivity index is 0.00000341. The third-order valence-corrected chi connectivity index (χ3v) is 7.38. The quantitative estimate of drug-likeness (QED) is 0.366. The molecule has 1 atom stereocenters. The number of aliphatic hydroxyl groups excluding tert-OH is 1. The van der Waals surface area contributed by atoms with Crippen LogP contribution in [-0.4, -0.2) is 64.3 Å². The Bertz CT molecular complexity index is 651. The van der Waals surface area contributed by atoms with E-state index in [1.165, 1.54) is 11.8 Å². The number of rotatable bonds is 8. The van der Waals surface area contributed by atoms with Crippen LogP contribution in [0, 0.1) is 11.8 Å². The number of carbonyl (C=O) groups is 3. The first-order chi connectivity index (χ1) is 14.6. The normalized spacial score (nSPS) is 22.6. The molecule has 3 rings (SSSR count). The summed E-state index contributed by atoms with van der Waals surface area (Å²) in [6, 6.07) is -0.773. The molecule has 1 heterocycles. The van der Waals surface area contributed by atoms with Crippen molar-refractivity contribution in [1.82, 2.24) is 15.6 Å². The van der Waals surface area contributed by atoms with Crippen molar-refractivity contribution in [2.24, 2.45) is 16.9 Å². The fourth-order valence-corrected chi connectivity index (χ4v) is 5.63. The molecule has 10 heteroatoms. The highest BCUT2D eigenvalue weighted by Crippen LogP contribution is 2.29. The highest BCUT2D eigenvalue weighted by molar-refractivity contribution is 8.14. The summed E-state index contributed by atoms with van der Waals surface area (Å²) in [5, 5.41) is 16.8. The average molecular weight is 475 g/mol. The number of hydrazone groups is 1. The Labute approximate surface area is 194 Å². The largest absolute Gasteiger partial charge is 0.395 e. The molecule has 1 unspecified atom stereocenters. The van der Waals surface area contributed by atoms with E-state index in [2.05, 4.69) is 15.8 Å². The molecule has 2 aliphatic carbocycles. The van der Waals surface area contributed by atoms with Crippen LogP contribution in [0.15, 0.2) is 5.10 Å². The third-order valence-electron chi connectivity index (χ3n) is 6.39. The zero-order chi connectivity index (χ0) is 21.3. The molecule has 3 fully saturated rings. The van der Waals surface area contributed by atoms with Gasteiger partial charge in [-0.1, -0.05) is 50.3 Å². The van der Waals surface area contributed by atoms with Crippen molar-refractivity contribution in [2.45, 2.75) is 70.3 Å². The lowest BCUT2D eigenvalue weighted by atomic mass is 9.81. The predicted octanol–water partition coefficient (Wildman–Crippen LogP) is 2.05. The molecule has 0 bridgehead atoms. The van der Waals surface area contributed by atoms with Gasteiger partial charge in [0.1, 0.15) is 6.04 Å². The maximum Gasteiger partial charge on any atom is 0.309 e. The van der Waals surface area contributed by atoms with Crippen LogP contribution in [-0.2, 0) is 14.4 Å². The summed E-state index contributed by atoms with van der Waals surface area (Å²) < 4.78 is 0. The van der Waals surface area contributed by atoms with Gasteiger partial charge >= 0.3 is 5.91 Å².